The van der Waals surface area contributed by atoms with Crippen LogP contribution in [0.3, 0.4) is 0 Å². The molecule has 1 rings (SSSR count). The molecule has 0 saturated carbocycles. The quantitative estimate of drug-likeness (QED) is 0.351. The van der Waals surface area contributed by atoms with E-state index in [1.165, 1.54) is 0 Å². The fourth-order valence-electron chi connectivity index (χ4n) is 2.70. The van der Waals surface area contributed by atoms with Crippen LogP contribution in [0.15, 0.2) is 4.99 Å². The van der Waals surface area contributed by atoms with Gasteiger partial charge in [0.05, 0.1) is 5.92 Å². The van der Waals surface area contributed by atoms with Crippen molar-refractivity contribution in [3.63, 3.8) is 0 Å². The standard InChI is InChI=1S/C16H33N5O/c1-13(2)7-9-20-16(18-3)19-8-5-11-21-10-4-6-14(12-21)15(17)22/h13-14H,4-12H2,1-3H3,(H2,17,22)(H2,18,19,20). The lowest BCUT2D eigenvalue weighted by molar-refractivity contribution is -0.123. The van der Waals surface area contributed by atoms with E-state index in [9.17, 15) is 4.79 Å². The highest BCUT2D eigenvalue weighted by Gasteiger charge is 2.23. The number of carbonyl (C=O) groups is 1. The Hall–Kier alpha value is -1.30. The number of nitrogens with zero attached hydrogens (tertiary/aromatic N) is 2. The molecule has 0 spiro atoms. The number of amides is 1. The van der Waals surface area contributed by atoms with Gasteiger partial charge in [-0.2, -0.15) is 0 Å². The highest BCUT2D eigenvalue weighted by atomic mass is 16.1. The number of nitrogens with one attached hydrogen (secondary N) is 2. The first-order chi connectivity index (χ1) is 10.5. The highest BCUT2D eigenvalue weighted by molar-refractivity contribution is 5.79. The SMILES string of the molecule is CN=C(NCCCN1CCCC(C(N)=O)C1)NCCC(C)C. The van der Waals surface area contributed by atoms with Gasteiger partial charge in [-0.25, -0.2) is 0 Å². The summed E-state index contributed by atoms with van der Waals surface area (Å²) in [6, 6.07) is 0. The Morgan fingerprint density at radius 3 is 2.73 bits per heavy atom. The van der Waals surface area contributed by atoms with E-state index in [4.69, 9.17) is 5.73 Å². The Morgan fingerprint density at radius 2 is 2.09 bits per heavy atom. The third-order valence-corrected chi connectivity index (χ3v) is 4.09. The molecule has 0 aromatic rings. The number of nitrogens with two attached hydrogens (primary N) is 1. The Labute approximate surface area is 134 Å². The number of guanidine groups is 1. The van der Waals surface area contributed by atoms with Gasteiger partial charge >= 0.3 is 0 Å². The monoisotopic (exact) mass is 311 g/mol. The van der Waals surface area contributed by atoms with Gasteiger partial charge < -0.3 is 21.3 Å². The van der Waals surface area contributed by atoms with Crippen LogP contribution >= 0.6 is 0 Å². The summed E-state index contributed by atoms with van der Waals surface area (Å²) in [7, 11) is 1.80. The summed E-state index contributed by atoms with van der Waals surface area (Å²) in [4.78, 5) is 17.8. The molecule has 1 heterocycles. The van der Waals surface area contributed by atoms with Gasteiger partial charge in [0.2, 0.25) is 5.91 Å². The van der Waals surface area contributed by atoms with Crippen molar-refractivity contribution in [2.45, 2.75) is 39.5 Å². The molecule has 22 heavy (non-hydrogen) atoms. The van der Waals surface area contributed by atoms with Gasteiger partial charge in [-0.05, 0) is 44.7 Å². The molecule has 1 amide bonds. The van der Waals surface area contributed by atoms with Crippen LogP contribution in [0.4, 0.5) is 0 Å². The van der Waals surface area contributed by atoms with Gasteiger partial charge in [-0.15, -0.1) is 0 Å². The molecule has 128 valence electrons. The van der Waals surface area contributed by atoms with Crippen LogP contribution in [0, 0.1) is 11.8 Å². The zero-order chi connectivity index (χ0) is 16.4. The minimum Gasteiger partial charge on any atom is -0.369 e. The molecule has 1 atom stereocenters. The molecule has 1 aliphatic heterocycles. The van der Waals surface area contributed by atoms with Crippen molar-refractivity contribution in [2.75, 3.05) is 39.8 Å². The third-order valence-electron chi connectivity index (χ3n) is 4.09. The Bertz CT molecular complexity index is 356. The second-order valence-electron chi connectivity index (χ2n) is 6.50. The summed E-state index contributed by atoms with van der Waals surface area (Å²) in [5.74, 6) is 1.45. The summed E-state index contributed by atoms with van der Waals surface area (Å²) in [5, 5.41) is 6.66. The number of hydrogen-bond acceptors (Lipinski definition) is 3. The van der Waals surface area contributed by atoms with Crippen LogP contribution in [0.5, 0.6) is 0 Å². The maximum Gasteiger partial charge on any atom is 0.221 e. The number of rotatable bonds is 8. The van der Waals surface area contributed by atoms with Crippen LogP contribution < -0.4 is 16.4 Å². The molecular weight excluding hydrogens is 278 g/mol. The van der Waals surface area contributed by atoms with E-state index in [1.807, 2.05) is 0 Å². The summed E-state index contributed by atoms with van der Waals surface area (Å²) in [6.07, 6.45) is 4.19. The van der Waals surface area contributed by atoms with E-state index in [1.54, 1.807) is 7.05 Å². The average molecular weight is 311 g/mol. The maximum absolute atomic E-state index is 11.3. The average Bonchev–Trinajstić information content (AvgIpc) is 2.49. The molecule has 4 N–H and O–H groups in total. The lowest BCUT2D eigenvalue weighted by Gasteiger charge is -2.31. The number of carbonyl (C=O) groups excluding carboxylic acids is 1. The normalized spacial score (nSPS) is 20.2. The van der Waals surface area contributed by atoms with Crippen molar-refractivity contribution in [2.24, 2.45) is 22.6 Å². The second kappa shape index (κ2) is 10.4. The largest absolute Gasteiger partial charge is 0.369 e. The molecule has 1 unspecified atom stereocenters. The molecule has 0 radical (unpaired) electrons. The molecular formula is C16H33N5O. The fraction of sp³-hybridized carbons (Fsp3) is 0.875. The molecule has 0 aromatic heterocycles. The Morgan fingerprint density at radius 1 is 1.36 bits per heavy atom. The summed E-state index contributed by atoms with van der Waals surface area (Å²) in [5.41, 5.74) is 5.41. The van der Waals surface area contributed by atoms with Gasteiger partial charge in [0.1, 0.15) is 0 Å². The molecule has 1 aliphatic rings. The Balaban J connectivity index is 2.14. The predicted octanol–water partition coefficient (Wildman–Crippen LogP) is 0.785. The van der Waals surface area contributed by atoms with Crippen LogP contribution in [-0.2, 0) is 4.79 Å². The smallest absolute Gasteiger partial charge is 0.221 e. The molecule has 1 saturated heterocycles. The minimum absolute atomic E-state index is 0.0344. The van der Waals surface area contributed by atoms with Crippen molar-refractivity contribution in [1.82, 2.24) is 15.5 Å². The Kier molecular flexibility index (Phi) is 8.89. The number of aliphatic imine (C=N–C) groups is 1. The van der Waals surface area contributed by atoms with Crippen LogP contribution in [0.1, 0.15) is 39.5 Å². The lowest BCUT2D eigenvalue weighted by Crippen LogP contribution is -2.43. The van der Waals surface area contributed by atoms with Crippen molar-refractivity contribution in [3.05, 3.63) is 0 Å². The maximum atomic E-state index is 11.3. The highest BCUT2D eigenvalue weighted by Crippen LogP contribution is 2.15. The number of primary amides is 1. The van der Waals surface area contributed by atoms with Crippen molar-refractivity contribution >= 4 is 11.9 Å². The summed E-state index contributed by atoms with van der Waals surface area (Å²) < 4.78 is 0. The van der Waals surface area contributed by atoms with E-state index in [-0.39, 0.29) is 11.8 Å². The molecule has 0 aromatic carbocycles. The molecule has 1 fully saturated rings. The van der Waals surface area contributed by atoms with Gasteiger partial charge in [-0.3, -0.25) is 9.79 Å². The third kappa shape index (κ3) is 7.64. The molecule has 0 bridgehead atoms. The second-order valence-corrected chi connectivity index (χ2v) is 6.50. The van der Waals surface area contributed by atoms with Crippen LogP contribution in [0.25, 0.3) is 0 Å². The molecule has 6 nitrogen and oxygen atoms in total. The lowest BCUT2D eigenvalue weighted by atomic mass is 9.97. The summed E-state index contributed by atoms with van der Waals surface area (Å²) >= 11 is 0. The van der Waals surface area contributed by atoms with E-state index in [0.717, 1.165) is 64.4 Å². The molecule has 6 heteroatoms. The number of likely N-dealkylation sites (tertiary alicyclic amines) is 1. The van der Waals surface area contributed by atoms with Crippen molar-refractivity contribution in [1.29, 1.82) is 0 Å². The number of piperidine rings is 1. The van der Waals surface area contributed by atoms with Crippen molar-refractivity contribution in [3.8, 4) is 0 Å². The predicted molar refractivity (Wildman–Crippen MR) is 91.8 cm³/mol. The van der Waals surface area contributed by atoms with Crippen molar-refractivity contribution < 1.29 is 4.79 Å². The molecule has 0 aliphatic carbocycles. The van der Waals surface area contributed by atoms with Gasteiger partial charge in [0.15, 0.2) is 5.96 Å². The zero-order valence-electron chi connectivity index (χ0n) is 14.4. The van der Waals surface area contributed by atoms with E-state index in [0.29, 0.717) is 5.92 Å². The first-order valence-corrected chi connectivity index (χ1v) is 8.49. The fourth-order valence-corrected chi connectivity index (χ4v) is 2.70. The van der Waals surface area contributed by atoms with Gasteiger partial charge in [-0.1, -0.05) is 13.8 Å². The van der Waals surface area contributed by atoms with Gasteiger partial charge in [0, 0.05) is 26.7 Å². The number of hydrogen-bond donors (Lipinski definition) is 3. The van der Waals surface area contributed by atoms with E-state index in [2.05, 4.69) is 34.4 Å². The zero-order valence-corrected chi connectivity index (χ0v) is 14.4. The summed E-state index contributed by atoms with van der Waals surface area (Å²) in [6.45, 7) is 9.16. The van der Waals surface area contributed by atoms with Crippen LogP contribution in [-0.4, -0.2) is 56.5 Å². The topological polar surface area (TPSA) is 82.8 Å². The van der Waals surface area contributed by atoms with E-state index < -0.39 is 0 Å². The van der Waals surface area contributed by atoms with E-state index >= 15 is 0 Å². The first-order valence-electron chi connectivity index (χ1n) is 8.49. The first kappa shape index (κ1) is 18.7. The van der Waals surface area contributed by atoms with Crippen LogP contribution in [0.2, 0.25) is 0 Å². The van der Waals surface area contributed by atoms with Gasteiger partial charge in [0.25, 0.3) is 0 Å². The minimum atomic E-state index is -0.155.